The minimum atomic E-state index is -0.118. The van der Waals surface area contributed by atoms with Gasteiger partial charge in [-0.3, -0.25) is 9.78 Å². The molecule has 0 radical (unpaired) electrons. The lowest BCUT2D eigenvalue weighted by Gasteiger charge is -2.07. The van der Waals surface area contributed by atoms with Gasteiger partial charge in [-0.25, -0.2) is 4.98 Å². The van der Waals surface area contributed by atoms with Crippen LogP contribution in [0.2, 0.25) is 0 Å². The van der Waals surface area contributed by atoms with Crippen molar-refractivity contribution in [3.8, 4) is 11.5 Å². The van der Waals surface area contributed by atoms with E-state index in [1.807, 2.05) is 42.5 Å². The van der Waals surface area contributed by atoms with Crippen molar-refractivity contribution in [2.45, 2.75) is 6.54 Å². The number of benzene rings is 2. The molecule has 4 rings (SSSR count). The van der Waals surface area contributed by atoms with Crippen LogP contribution in [0.1, 0.15) is 15.9 Å². The number of carbonyl (C=O) groups excluding carboxylic acids is 1. The monoisotopic (exact) mass is 407 g/mol. The van der Waals surface area contributed by atoms with Gasteiger partial charge in [-0.2, -0.15) is 0 Å². The Morgan fingerprint density at radius 1 is 1.08 bits per heavy atom. The van der Waals surface area contributed by atoms with Crippen LogP contribution in [0, 0.1) is 0 Å². The third-order valence-electron chi connectivity index (χ3n) is 3.96. The number of fused-ring (bicyclic) bond motifs is 1. The van der Waals surface area contributed by atoms with Crippen LogP contribution >= 0.6 is 15.9 Å². The van der Waals surface area contributed by atoms with E-state index < -0.39 is 0 Å². The van der Waals surface area contributed by atoms with Crippen molar-refractivity contribution in [1.29, 1.82) is 0 Å². The van der Waals surface area contributed by atoms with E-state index in [2.05, 4.69) is 31.2 Å². The summed E-state index contributed by atoms with van der Waals surface area (Å²) in [6, 6.07) is 16.9. The predicted octanol–water partition coefficient (Wildman–Crippen LogP) is 4.58. The van der Waals surface area contributed by atoms with Crippen molar-refractivity contribution >= 4 is 32.9 Å². The first-order valence-electron chi connectivity index (χ1n) is 8.03. The van der Waals surface area contributed by atoms with Crippen LogP contribution in [0.5, 0.6) is 0 Å². The number of pyridine rings is 1. The standard InChI is InChI=1S/C20H14BrN3O2/c21-16-4-2-1-3-15(16)19(25)23-11-13-5-7-14(8-6-13)20-24-17-12-22-10-9-18(17)26-20/h1-10,12H,11H2,(H,23,25). The number of oxazole rings is 1. The minimum absolute atomic E-state index is 0.118. The first kappa shape index (κ1) is 16.5. The van der Waals surface area contributed by atoms with Gasteiger partial charge in [0.2, 0.25) is 5.89 Å². The van der Waals surface area contributed by atoms with Gasteiger partial charge in [0.25, 0.3) is 5.91 Å². The number of halogens is 1. The molecule has 4 aromatic rings. The van der Waals surface area contributed by atoms with Crippen LogP contribution in [0.4, 0.5) is 0 Å². The highest BCUT2D eigenvalue weighted by molar-refractivity contribution is 9.10. The number of nitrogens with one attached hydrogen (secondary N) is 1. The normalized spacial score (nSPS) is 10.8. The molecule has 1 amide bonds. The summed E-state index contributed by atoms with van der Waals surface area (Å²) >= 11 is 3.39. The Kier molecular flexibility index (Phi) is 4.50. The van der Waals surface area contributed by atoms with Crippen LogP contribution in [0.3, 0.4) is 0 Å². The van der Waals surface area contributed by atoms with Gasteiger partial charge >= 0.3 is 0 Å². The van der Waals surface area contributed by atoms with Crippen molar-refractivity contribution in [1.82, 2.24) is 15.3 Å². The topological polar surface area (TPSA) is 68.0 Å². The molecular formula is C20H14BrN3O2. The van der Waals surface area contributed by atoms with Gasteiger partial charge in [0.1, 0.15) is 5.52 Å². The molecule has 0 spiro atoms. The SMILES string of the molecule is O=C(NCc1ccc(-c2nc3cnccc3o2)cc1)c1ccccc1Br. The Morgan fingerprint density at radius 2 is 1.88 bits per heavy atom. The number of carbonyl (C=O) groups is 1. The first-order chi connectivity index (χ1) is 12.7. The quantitative estimate of drug-likeness (QED) is 0.537. The van der Waals surface area contributed by atoms with Crippen molar-refractivity contribution in [2.75, 3.05) is 0 Å². The molecule has 6 heteroatoms. The lowest BCUT2D eigenvalue weighted by molar-refractivity contribution is 0.0950. The third-order valence-corrected chi connectivity index (χ3v) is 4.65. The summed E-state index contributed by atoms with van der Waals surface area (Å²) in [5.74, 6) is 0.435. The smallest absolute Gasteiger partial charge is 0.252 e. The molecule has 2 heterocycles. The van der Waals surface area contributed by atoms with E-state index in [-0.39, 0.29) is 5.91 Å². The van der Waals surface area contributed by atoms with Gasteiger partial charge in [-0.1, -0.05) is 24.3 Å². The fourth-order valence-corrected chi connectivity index (χ4v) is 3.06. The molecule has 26 heavy (non-hydrogen) atoms. The number of nitrogens with zero attached hydrogens (tertiary/aromatic N) is 2. The van der Waals surface area contributed by atoms with Gasteiger partial charge < -0.3 is 9.73 Å². The largest absolute Gasteiger partial charge is 0.436 e. The Bertz CT molecular complexity index is 1040. The third kappa shape index (κ3) is 3.36. The number of hydrogen-bond acceptors (Lipinski definition) is 4. The van der Waals surface area contributed by atoms with E-state index in [1.165, 1.54) is 0 Å². The Labute approximate surface area is 158 Å². The van der Waals surface area contributed by atoms with E-state index in [1.54, 1.807) is 24.5 Å². The molecule has 1 N–H and O–H groups in total. The molecule has 0 aliphatic rings. The van der Waals surface area contributed by atoms with Crippen molar-refractivity contribution in [3.63, 3.8) is 0 Å². The lowest BCUT2D eigenvalue weighted by Crippen LogP contribution is -2.23. The lowest BCUT2D eigenvalue weighted by atomic mass is 10.1. The molecule has 0 saturated heterocycles. The number of amides is 1. The highest BCUT2D eigenvalue weighted by Gasteiger charge is 2.10. The molecule has 0 atom stereocenters. The van der Waals surface area contributed by atoms with Crippen LogP contribution in [-0.4, -0.2) is 15.9 Å². The number of rotatable bonds is 4. The number of aromatic nitrogens is 2. The summed E-state index contributed by atoms with van der Waals surface area (Å²) in [4.78, 5) is 20.7. The van der Waals surface area contributed by atoms with E-state index in [9.17, 15) is 4.79 Å². The second kappa shape index (κ2) is 7.09. The molecule has 2 aromatic heterocycles. The second-order valence-corrected chi connectivity index (χ2v) is 6.58. The molecule has 0 unspecified atom stereocenters. The van der Waals surface area contributed by atoms with Gasteiger partial charge in [0, 0.05) is 28.8 Å². The zero-order valence-electron chi connectivity index (χ0n) is 13.6. The minimum Gasteiger partial charge on any atom is -0.436 e. The summed E-state index contributed by atoms with van der Waals surface area (Å²) in [6.45, 7) is 0.442. The average Bonchev–Trinajstić information content (AvgIpc) is 3.11. The Hall–Kier alpha value is -2.99. The van der Waals surface area contributed by atoms with Gasteiger partial charge in [-0.05, 0) is 45.8 Å². The molecule has 5 nitrogen and oxygen atoms in total. The fraction of sp³-hybridized carbons (Fsp3) is 0.0500. The van der Waals surface area contributed by atoms with E-state index in [4.69, 9.17) is 4.42 Å². The molecular weight excluding hydrogens is 394 g/mol. The maximum absolute atomic E-state index is 12.3. The van der Waals surface area contributed by atoms with Crippen molar-refractivity contribution in [3.05, 3.63) is 82.6 Å². The van der Waals surface area contributed by atoms with Crippen molar-refractivity contribution < 1.29 is 9.21 Å². The second-order valence-electron chi connectivity index (χ2n) is 5.72. The first-order valence-corrected chi connectivity index (χ1v) is 8.82. The molecule has 0 bridgehead atoms. The highest BCUT2D eigenvalue weighted by atomic mass is 79.9. The summed E-state index contributed by atoms with van der Waals surface area (Å²) in [6.07, 6.45) is 3.35. The zero-order chi connectivity index (χ0) is 17.9. The molecule has 2 aromatic carbocycles. The van der Waals surface area contributed by atoms with Gasteiger partial charge in [0.05, 0.1) is 11.8 Å². The molecule has 0 aliphatic heterocycles. The van der Waals surface area contributed by atoms with Gasteiger partial charge in [-0.15, -0.1) is 0 Å². The predicted molar refractivity (Wildman–Crippen MR) is 103 cm³/mol. The summed E-state index contributed by atoms with van der Waals surface area (Å²) in [7, 11) is 0. The summed E-state index contributed by atoms with van der Waals surface area (Å²) in [5.41, 5.74) is 3.92. The molecule has 0 fully saturated rings. The van der Waals surface area contributed by atoms with Crippen LogP contribution in [0.25, 0.3) is 22.6 Å². The van der Waals surface area contributed by atoms with Gasteiger partial charge in [0.15, 0.2) is 5.58 Å². The van der Waals surface area contributed by atoms with Crippen LogP contribution in [-0.2, 0) is 6.54 Å². The van der Waals surface area contributed by atoms with Crippen molar-refractivity contribution in [2.24, 2.45) is 0 Å². The molecule has 128 valence electrons. The van der Waals surface area contributed by atoms with E-state index in [0.717, 1.165) is 21.1 Å². The molecule has 0 saturated carbocycles. The van der Waals surface area contributed by atoms with Crippen LogP contribution < -0.4 is 5.32 Å². The number of hydrogen-bond donors (Lipinski definition) is 1. The summed E-state index contributed by atoms with van der Waals surface area (Å²) < 4.78 is 6.51. The average molecular weight is 408 g/mol. The Morgan fingerprint density at radius 3 is 2.65 bits per heavy atom. The maximum Gasteiger partial charge on any atom is 0.252 e. The molecule has 0 aliphatic carbocycles. The Balaban J connectivity index is 1.46. The van der Waals surface area contributed by atoms with E-state index in [0.29, 0.717) is 23.6 Å². The zero-order valence-corrected chi connectivity index (χ0v) is 15.2. The van der Waals surface area contributed by atoms with E-state index >= 15 is 0 Å². The van der Waals surface area contributed by atoms with Crippen LogP contribution in [0.15, 0.2) is 75.9 Å². The maximum atomic E-state index is 12.3. The summed E-state index contributed by atoms with van der Waals surface area (Å²) in [5, 5.41) is 2.92. The fourth-order valence-electron chi connectivity index (χ4n) is 2.59. The highest BCUT2D eigenvalue weighted by Crippen LogP contribution is 2.23.